The molecule has 10 heteroatoms. The van der Waals surface area contributed by atoms with Crippen LogP contribution < -0.4 is 16.0 Å². The van der Waals surface area contributed by atoms with Gasteiger partial charge in [-0.3, -0.25) is 4.79 Å². The zero-order chi connectivity index (χ0) is 23.4. The fourth-order valence-corrected chi connectivity index (χ4v) is 4.51. The number of aromatic nitrogens is 3. The van der Waals surface area contributed by atoms with Gasteiger partial charge in [0.1, 0.15) is 6.33 Å². The number of hydrogen-bond acceptors (Lipinski definition) is 6. The van der Waals surface area contributed by atoms with Crippen LogP contribution in [0.2, 0.25) is 10.0 Å². The zero-order valence-corrected chi connectivity index (χ0v) is 20.0. The van der Waals surface area contributed by atoms with E-state index in [0.29, 0.717) is 28.7 Å². The summed E-state index contributed by atoms with van der Waals surface area (Å²) in [6.45, 7) is 3.99. The van der Waals surface area contributed by atoms with Gasteiger partial charge in [-0.05, 0) is 36.2 Å². The first-order valence-electron chi connectivity index (χ1n) is 10.7. The van der Waals surface area contributed by atoms with E-state index in [9.17, 15) is 4.79 Å². The Hall–Kier alpha value is -2.65. The molecule has 1 fully saturated rings. The second kappa shape index (κ2) is 10.5. The van der Waals surface area contributed by atoms with Gasteiger partial charge in [0.25, 0.3) is 0 Å². The highest BCUT2D eigenvalue weighted by Crippen LogP contribution is 2.35. The number of ether oxygens (including phenoxy) is 1. The highest BCUT2D eigenvalue weighted by atomic mass is 35.5. The number of amides is 1. The van der Waals surface area contributed by atoms with Crippen molar-refractivity contribution >= 4 is 34.6 Å². The Morgan fingerprint density at radius 3 is 2.97 bits per heavy atom. The predicted molar refractivity (Wildman–Crippen MR) is 129 cm³/mol. The monoisotopic (exact) mass is 488 g/mol. The van der Waals surface area contributed by atoms with Gasteiger partial charge in [0.15, 0.2) is 0 Å². The van der Waals surface area contributed by atoms with Crippen LogP contribution in [0.3, 0.4) is 0 Å². The molecule has 0 radical (unpaired) electrons. The lowest BCUT2D eigenvalue weighted by Crippen LogP contribution is -2.44. The third kappa shape index (κ3) is 5.65. The Bertz CT molecular complexity index is 1180. The summed E-state index contributed by atoms with van der Waals surface area (Å²) >= 11 is 13.0. The molecule has 0 saturated carbocycles. The maximum absolute atomic E-state index is 11.9. The van der Waals surface area contributed by atoms with Crippen molar-refractivity contribution in [1.29, 1.82) is 0 Å². The summed E-state index contributed by atoms with van der Waals surface area (Å²) in [6, 6.07) is 5.58. The molecule has 0 aliphatic carbocycles. The van der Waals surface area contributed by atoms with Crippen molar-refractivity contribution in [1.82, 2.24) is 30.5 Å². The number of carbonyl (C=O) groups is 1. The summed E-state index contributed by atoms with van der Waals surface area (Å²) in [6.07, 6.45) is 7.13. The number of nitrogens with zero attached hydrogens (tertiary/aromatic N) is 3. The number of morpholine rings is 1. The van der Waals surface area contributed by atoms with Gasteiger partial charge in [0.05, 0.1) is 23.4 Å². The molecule has 1 unspecified atom stereocenters. The van der Waals surface area contributed by atoms with Crippen LogP contribution in [0.5, 0.6) is 0 Å². The summed E-state index contributed by atoms with van der Waals surface area (Å²) in [5, 5.41) is 14.5. The van der Waals surface area contributed by atoms with Crippen LogP contribution in [0.15, 0.2) is 43.0 Å². The largest absolute Gasteiger partial charge is 0.394 e. The number of hydrogen-bond donors (Lipinski definition) is 3. The topological polar surface area (TPSA) is 92.6 Å². The van der Waals surface area contributed by atoms with Gasteiger partial charge in [-0.2, -0.15) is 5.10 Å². The predicted octanol–water partition coefficient (Wildman–Crippen LogP) is 2.97. The molecule has 4 rings (SSSR count). The van der Waals surface area contributed by atoms with Crippen molar-refractivity contribution in [2.24, 2.45) is 0 Å². The summed E-state index contributed by atoms with van der Waals surface area (Å²) in [7, 11) is 1.73. The first kappa shape index (κ1) is 23.5. The van der Waals surface area contributed by atoms with Crippen LogP contribution in [0.4, 0.5) is 0 Å². The first-order valence-corrected chi connectivity index (χ1v) is 11.5. The smallest absolute Gasteiger partial charge is 0.245 e. The molecule has 3 heterocycles. The average Bonchev–Trinajstić information content (AvgIpc) is 3.21. The molecule has 1 aliphatic heterocycles. The number of nitrogens with one attached hydrogen (secondary N) is 3. The van der Waals surface area contributed by atoms with Gasteiger partial charge < -0.3 is 20.7 Å². The summed E-state index contributed by atoms with van der Waals surface area (Å²) in [4.78, 5) is 16.5. The second-order valence-electron chi connectivity index (χ2n) is 7.97. The molecule has 3 aromatic rings. The Balaban J connectivity index is 1.67. The van der Waals surface area contributed by atoms with Crippen molar-refractivity contribution in [3.8, 4) is 11.3 Å². The highest BCUT2D eigenvalue weighted by Gasteiger charge is 2.23. The van der Waals surface area contributed by atoms with Crippen molar-refractivity contribution in [2.75, 3.05) is 20.1 Å². The van der Waals surface area contributed by atoms with E-state index in [2.05, 4.69) is 26.0 Å². The molecule has 2 atom stereocenters. The van der Waals surface area contributed by atoms with Crippen LogP contribution in [-0.2, 0) is 22.5 Å². The lowest BCUT2D eigenvalue weighted by atomic mass is 9.97. The molecule has 33 heavy (non-hydrogen) atoms. The molecular weight excluding hydrogens is 463 g/mol. The van der Waals surface area contributed by atoms with Crippen LogP contribution in [0.1, 0.15) is 18.1 Å². The molecule has 0 spiro atoms. The van der Waals surface area contributed by atoms with Crippen LogP contribution >= 0.6 is 23.2 Å². The number of rotatable bonds is 7. The van der Waals surface area contributed by atoms with Crippen LogP contribution in [0, 0.1) is 0 Å². The van der Waals surface area contributed by atoms with E-state index >= 15 is 0 Å². The van der Waals surface area contributed by atoms with Gasteiger partial charge in [-0.1, -0.05) is 23.2 Å². The molecule has 174 valence electrons. The van der Waals surface area contributed by atoms with E-state index in [1.165, 1.54) is 12.4 Å². The lowest BCUT2D eigenvalue weighted by molar-refractivity contribution is -0.116. The van der Waals surface area contributed by atoms with Gasteiger partial charge in [-0.15, -0.1) is 0 Å². The molecule has 1 aliphatic rings. The fraction of sp³-hybridized carbons (Fsp3) is 0.348. The Morgan fingerprint density at radius 1 is 1.33 bits per heavy atom. The SMILES string of the molecule is CN/C=C\C(=O)NCc1cc2c(-c3cc(Cl)cc(Cl)c3CC3CNC[C@H](C)O3)ncnn2c1. The van der Waals surface area contributed by atoms with Crippen LogP contribution in [0.25, 0.3) is 16.8 Å². The number of fused-ring (bicyclic) bond motifs is 1. The third-order valence-electron chi connectivity index (χ3n) is 5.41. The maximum atomic E-state index is 11.9. The second-order valence-corrected chi connectivity index (χ2v) is 8.82. The molecule has 1 saturated heterocycles. The quantitative estimate of drug-likeness (QED) is 0.442. The molecule has 3 N–H and O–H groups in total. The van der Waals surface area contributed by atoms with Crippen molar-refractivity contribution in [2.45, 2.75) is 32.1 Å². The normalized spacial score (nSPS) is 18.7. The van der Waals surface area contributed by atoms with E-state index in [0.717, 1.165) is 35.3 Å². The van der Waals surface area contributed by atoms with E-state index in [1.54, 1.807) is 23.8 Å². The van der Waals surface area contributed by atoms with Gasteiger partial charge >= 0.3 is 0 Å². The standard InChI is InChI=1S/C23H26Cl2N6O2/c1-14-9-27-11-17(33-14)8-18-19(6-16(24)7-20(18)25)23-21-5-15(12-31(21)30-13-29-23)10-28-22(32)3-4-26-2/h3-7,12-14,17,26-27H,8-11H2,1-2H3,(H,28,32)/b4-3-/t14-,17?/m0/s1. The molecule has 8 nitrogen and oxygen atoms in total. The first-order chi connectivity index (χ1) is 15.9. The number of benzene rings is 1. The minimum absolute atomic E-state index is 0.00717. The number of carbonyl (C=O) groups excluding carboxylic acids is 1. The molecule has 1 amide bonds. The summed E-state index contributed by atoms with van der Waals surface area (Å²) in [5.74, 6) is -0.190. The number of halogens is 2. The van der Waals surface area contributed by atoms with Crippen molar-refractivity contribution < 1.29 is 9.53 Å². The Kier molecular flexibility index (Phi) is 7.49. The molecular formula is C23H26Cl2N6O2. The van der Waals surface area contributed by atoms with E-state index in [4.69, 9.17) is 27.9 Å². The summed E-state index contributed by atoms with van der Waals surface area (Å²) in [5.41, 5.74) is 4.17. The molecule has 0 bridgehead atoms. The van der Waals surface area contributed by atoms with Gasteiger partial charge in [-0.25, -0.2) is 9.50 Å². The third-order valence-corrected chi connectivity index (χ3v) is 5.96. The minimum Gasteiger partial charge on any atom is -0.394 e. The molecule has 1 aromatic carbocycles. The Labute approximate surface area is 202 Å². The van der Waals surface area contributed by atoms with Crippen LogP contribution in [-0.4, -0.2) is 52.9 Å². The fourth-order valence-electron chi connectivity index (χ4n) is 3.94. The van der Waals surface area contributed by atoms with E-state index < -0.39 is 0 Å². The Morgan fingerprint density at radius 2 is 2.18 bits per heavy atom. The molecule has 2 aromatic heterocycles. The highest BCUT2D eigenvalue weighted by molar-refractivity contribution is 6.35. The summed E-state index contributed by atoms with van der Waals surface area (Å²) < 4.78 is 7.84. The van der Waals surface area contributed by atoms with Crippen molar-refractivity contribution in [3.63, 3.8) is 0 Å². The van der Waals surface area contributed by atoms with Gasteiger partial charge in [0.2, 0.25) is 5.91 Å². The minimum atomic E-state index is -0.190. The lowest BCUT2D eigenvalue weighted by Gasteiger charge is -2.29. The maximum Gasteiger partial charge on any atom is 0.245 e. The van der Waals surface area contributed by atoms with E-state index in [-0.39, 0.29) is 18.1 Å². The van der Waals surface area contributed by atoms with Crippen molar-refractivity contribution in [3.05, 3.63) is 64.2 Å². The van der Waals surface area contributed by atoms with Gasteiger partial charge in [0, 0.05) is 67.2 Å². The zero-order valence-electron chi connectivity index (χ0n) is 18.4. The average molecular weight is 489 g/mol. The van der Waals surface area contributed by atoms with E-state index in [1.807, 2.05) is 25.3 Å².